The summed E-state index contributed by atoms with van der Waals surface area (Å²) in [5.41, 5.74) is 0. The SMILES string of the molecule is CC1CO1.O=P. The van der Waals surface area contributed by atoms with Gasteiger partial charge in [0.05, 0.1) is 12.7 Å². The summed E-state index contributed by atoms with van der Waals surface area (Å²) in [7, 11) is 1.72. The van der Waals surface area contributed by atoms with E-state index in [-0.39, 0.29) is 0 Å². The van der Waals surface area contributed by atoms with Crippen LogP contribution in [-0.2, 0) is 9.30 Å². The van der Waals surface area contributed by atoms with E-state index in [9.17, 15) is 0 Å². The number of rotatable bonds is 0. The van der Waals surface area contributed by atoms with Crippen molar-refractivity contribution in [2.75, 3.05) is 6.61 Å². The van der Waals surface area contributed by atoms with Crippen molar-refractivity contribution in [2.45, 2.75) is 13.0 Å². The molecule has 0 aliphatic carbocycles. The smallest absolute Gasteiger partial charge is 0.138 e. The van der Waals surface area contributed by atoms with Crippen molar-refractivity contribution < 1.29 is 9.30 Å². The van der Waals surface area contributed by atoms with E-state index in [0.29, 0.717) is 6.10 Å². The average molecular weight is 106 g/mol. The van der Waals surface area contributed by atoms with Crippen LogP contribution >= 0.6 is 9.12 Å². The van der Waals surface area contributed by atoms with Gasteiger partial charge in [-0.15, -0.1) is 0 Å². The van der Waals surface area contributed by atoms with E-state index in [2.05, 4.69) is 6.92 Å². The van der Waals surface area contributed by atoms with Crippen molar-refractivity contribution in [2.24, 2.45) is 0 Å². The molecule has 0 aromatic rings. The fourth-order valence-electron chi connectivity index (χ4n) is 0.0962. The van der Waals surface area contributed by atoms with Gasteiger partial charge < -0.3 is 4.74 Å². The molecule has 0 amide bonds. The van der Waals surface area contributed by atoms with Crippen LogP contribution in [0, 0.1) is 0 Å². The van der Waals surface area contributed by atoms with Crippen molar-refractivity contribution >= 4 is 9.12 Å². The van der Waals surface area contributed by atoms with Gasteiger partial charge in [0.2, 0.25) is 0 Å². The van der Waals surface area contributed by atoms with Crippen LogP contribution in [0.15, 0.2) is 0 Å². The number of ether oxygens (including phenoxy) is 1. The lowest BCUT2D eigenvalue weighted by Gasteiger charge is -1.50. The predicted molar refractivity (Wildman–Crippen MR) is 24.4 cm³/mol. The first kappa shape index (κ1) is 6.06. The molecule has 1 atom stereocenters. The third kappa shape index (κ3) is 4.06. The Balaban J connectivity index is 0.000000112. The second-order valence-electron chi connectivity index (χ2n) is 1.14. The standard InChI is InChI=1S/C3H6O.HOP/c1-3-2-4-3;1-2/h3H,2H2,1H3;2H. The Bertz CT molecular complexity index is 35.8. The number of epoxide rings is 1. The quantitative estimate of drug-likeness (QED) is 0.339. The topological polar surface area (TPSA) is 29.6 Å². The first-order valence-electron chi connectivity index (χ1n) is 1.71. The second-order valence-corrected chi connectivity index (χ2v) is 1.14. The molecular formula is C3H7O2P. The first-order chi connectivity index (χ1) is 2.89. The third-order valence-corrected chi connectivity index (χ3v) is 0.500. The van der Waals surface area contributed by atoms with E-state index < -0.39 is 0 Å². The molecule has 36 valence electrons. The minimum atomic E-state index is 0.583. The van der Waals surface area contributed by atoms with Gasteiger partial charge in [-0.25, -0.2) is 0 Å². The zero-order valence-corrected chi connectivity index (χ0v) is 4.60. The Hall–Kier alpha value is 0.0600. The van der Waals surface area contributed by atoms with Gasteiger partial charge in [-0.2, -0.15) is 0 Å². The van der Waals surface area contributed by atoms with Gasteiger partial charge in [0, 0.05) is 0 Å². The summed E-state index contributed by atoms with van der Waals surface area (Å²) in [6, 6.07) is 0. The maximum atomic E-state index is 8.06. The summed E-state index contributed by atoms with van der Waals surface area (Å²) in [4.78, 5) is 0. The van der Waals surface area contributed by atoms with Gasteiger partial charge in [0.15, 0.2) is 0 Å². The van der Waals surface area contributed by atoms with E-state index in [4.69, 9.17) is 9.30 Å². The third-order valence-electron chi connectivity index (χ3n) is 0.500. The molecule has 0 bridgehead atoms. The van der Waals surface area contributed by atoms with Crippen molar-refractivity contribution in [1.29, 1.82) is 0 Å². The van der Waals surface area contributed by atoms with Gasteiger partial charge in [0.1, 0.15) is 9.12 Å². The van der Waals surface area contributed by atoms with Crippen LogP contribution in [0.1, 0.15) is 6.92 Å². The van der Waals surface area contributed by atoms with E-state index >= 15 is 0 Å². The molecule has 1 unspecified atom stereocenters. The molecule has 1 heterocycles. The Kier molecular flexibility index (Phi) is 3.29. The Labute approximate surface area is 39.1 Å². The molecule has 0 aromatic carbocycles. The van der Waals surface area contributed by atoms with Gasteiger partial charge in [-0.3, -0.25) is 4.57 Å². The zero-order valence-electron chi connectivity index (χ0n) is 3.60. The molecule has 2 nitrogen and oxygen atoms in total. The van der Waals surface area contributed by atoms with Crippen LogP contribution in [0.3, 0.4) is 0 Å². The minimum Gasteiger partial charge on any atom is -0.373 e. The van der Waals surface area contributed by atoms with Gasteiger partial charge in [-0.05, 0) is 6.92 Å². The van der Waals surface area contributed by atoms with Crippen molar-refractivity contribution in [3.8, 4) is 0 Å². The van der Waals surface area contributed by atoms with Crippen molar-refractivity contribution in [3.05, 3.63) is 0 Å². The highest BCUT2D eigenvalue weighted by Crippen LogP contribution is 2.04. The molecule has 3 heteroatoms. The van der Waals surface area contributed by atoms with E-state index in [1.165, 1.54) is 0 Å². The number of hydrogen-bond acceptors (Lipinski definition) is 2. The minimum absolute atomic E-state index is 0.583. The van der Waals surface area contributed by atoms with Gasteiger partial charge in [0.25, 0.3) is 0 Å². The summed E-state index contributed by atoms with van der Waals surface area (Å²) >= 11 is 0. The van der Waals surface area contributed by atoms with Crippen LogP contribution in [0.25, 0.3) is 0 Å². The van der Waals surface area contributed by atoms with Crippen LogP contribution in [0.4, 0.5) is 0 Å². The fourth-order valence-corrected chi connectivity index (χ4v) is 0.0962. The highest BCUT2D eigenvalue weighted by molar-refractivity contribution is 7.00. The monoisotopic (exact) mass is 106 g/mol. The molecule has 1 rings (SSSR count). The molecule has 0 radical (unpaired) electrons. The molecule has 0 spiro atoms. The molecule has 0 aromatic heterocycles. The van der Waals surface area contributed by atoms with Crippen LogP contribution in [0.2, 0.25) is 0 Å². The molecule has 0 N–H and O–H groups in total. The molecule has 1 aliphatic rings. The van der Waals surface area contributed by atoms with Crippen LogP contribution in [0.5, 0.6) is 0 Å². The molecule has 0 saturated carbocycles. The molecule has 1 saturated heterocycles. The normalized spacial score (nSPS) is 27.2. The second kappa shape index (κ2) is 3.26. The molecular weight excluding hydrogens is 99.0 g/mol. The van der Waals surface area contributed by atoms with E-state index in [1.54, 1.807) is 9.12 Å². The summed E-state index contributed by atoms with van der Waals surface area (Å²) in [6.07, 6.45) is 0.583. The van der Waals surface area contributed by atoms with E-state index in [1.807, 2.05) is 0 Å². The highest BCUT2D eigenvalue weighted by atomic mass is 31.0. The van der Waals surface area contributed by atoms with E-state index in [0.717, 1.165) is 6.61 Å². The van der Waals surface area contributed by atoms with Gasteiger partial charge in [-0.1, -0.05) is 0 Å². The highest BCUT2D eigenvalue weighted by Gasteiger charge is 2.13. The Morgan fingerprint density at radius 1 is 1.83 bits per heavy atom. The predicted octanol–water partition coefficient (Wildman–Crippen LogP) is 0.880. The molecule has 6 heavy (non-hydrogen) atoms. The lowest BCUT2D eigenvalue weighted by atomic mass is 10.6. The summed E-state index contributed by atoms with van der Waals surface area (Å²) in [6.45, 7) is 3.04. The maximum Gasteiger partial charge on any atom is 0.138 e. The molecule has 1 fully saturated rings. The van der Waals surface area contributed by atoms with Crippen LogP contribution < -0.4 is 0 Å². The zero-order chi connectivity index (χ0) is 4.99. The van der Waals surface area contributed by atoms with Crippen LogP contribution in [-0.4, -0.2) is 12.7 Å². The average Bonchev–Trinajstić information content (AvgIpc) is 2.30. The lowest BCUT2D eigenvalue weighted by Crippen LogP contribution is -1.60. The van der Waals surface area contributed by atoms with Crippen molar-refractivity contribution in [1.82, 2.24) is 0 Å². The van der Waals surface area contributed by atoms with Crippen molar-refractivity contribution in [3.63, 3.8) is 0 Å². The Morgan fingerprint density at radius 3 is 2.00 bits per heavy atom. The molecule has 1 aliphatic heterocycles. The number of hydrogen-bond donors (Lipinski definition) is 0. The summed E-state index contributed by atoms with van der Waals surface area (Å²) in [5, 5.41) is 0. The maximum absolute atomic E-state index is 8.06. The largest absolute Gasteiger partial charge is 0.373 e. The first-order valence-corrected chi connectivity index (χ1v) is 2.12. The lowest BCUT2D eigenvalue weighted by molar-refractivity contribution is 0.423. The van der Waals surface area contributed by atoms with Gasteiger partial charge >= 0.3 is 0 Å². The fraction of sp³-hybridized carbons (Fsp3) is 1.00. The Morgan fingerprint density at radius 2 is 2.00 bits per heavy atom. The summed E-state index contributed by atoms with van der Waals surface area (Å²) in [5.74, 6) is 0. The summed E-state index contributed by atoms with van der Waals surface area (Å²) < 4.78 is 12.8.